The summed E-state index contributed by atoms with van der Waals surface area (Å²) < 4.78 is 5.22. The summed E-state index contributed by atoms with van der Waals surface area (Å²) in [6.07, 6.45) is 0.937. The van der Waals surface area contributed by atoms with Crippen molar-refractivity contribution < 1.29 is 9.53 Å². The summed E-state index contributed by atoms with van der Waals surface area (Å²) >= 11 is 1.55. The van der Waals surface area contributed by atoms with Crippen LogP contribution in [0.15, 0.2) is 24.3 Å². The Bertz CT molecular complexity index is 675. The molecule has 1 aromatic heterocycles. The molecule has 0 aliphatic carbocycles. The second kappa shape index (κ2) is 7.09. The van der Waals surface area contributed by atoms with Gasteiger partial charge < -0.3 is 9.64 Å². The number of benzene rings is 1. The molecule has 1 aliphatic heterocycles. The van der Waals surface area contributed by atoms with Crippen LogP contribution in [0.4, 0.5) is 5.13 Å². The Hall–Kier alpha value is -1.63. The van der Waals surface area contributed by atoms with Crippen LogP contribution >= 0.6 is 23.7 Å². The molecular weight excluding hydrogens is 322 g/mol. The molecule has 2 heterocycles. The van der Waals surface area contributed by atoms with E-state index in [1.165, 1.54) is 4.88 Å². The molecule has 0 fully saturated rings. The van der Waals surface area contributed by atoms with Gasteiger partial charge in [0, 0.05) is 24.4 Å². The average molecular weight is 340 g/mol. The van der Waals surface area contributed by atoms with E-state index < -0.39 is 0 Å². The first-order chi connectivity index (χ1) is 10.2. The van der Waals surface area contributed by atoms with E-state index in [0.29, 0.717) is 16.4 Å². The summed E-state index contributed by atoms with van der Waals surface area (Å²) in [7, 11) is 3.65. The number of rotatable bonds is 3. The number of amides is 1. The molecule has 3 rings (SSSR count). The number of likely N-dealkylation sites (N-methyl/N-ethyl adjacent to an activating group) is 1. The number of halogens is 1. The SMILES string of the molecule is COc1ccccc1C(=O)Nc1nc2c(s1)CN(C)CC2.Cl. The topological polar surface area (TPSA) is 54.5 Å². The highest BCUT2D eigenvalue weighted by molar-refractivity contribution is 7.15. The monoisotopic (exact) mass is 339 g/mol. The van der Waals surface area contributed by atoms with Gasteiger partial charge in [-0.05, 0) is 19.2 Å². The van der Waals surface area contributed by atoms with Crippen LogP contribution in [0.25, 0.3) is 0 Å². The quantitative estimate of drug-likeness (QED) is 0.934. The Morgan fingerprint density at radius 1 is 1.41 bits per heavy atom. The standard InChI is InChI=1S/C15H17N3O2S.ClH/c1-18-8-7-11-13(9-18)21-15(16-11)17-14(19)10-5-3-4-6-12(10)20-2;/h3-6H,7-9H2,1-2H3,(H,16,17,19);1H. The first kappa shape index (κ1) is 16.7. The van der Waals surface area contributed by atoms with Gasteiger partial charge in [-0.1, -0.05) is 12.1 Å². The number of methoxy groups -OCH3 is 1. The highest BCUT2D eigenvalue weighted by Gasteiger charge is 2.20. The normalized spacial score (nSPS) is 13.9. The maximum atomic E-state index is 12.3. The fourth-order valence-electron chi connectivity index (χ4n) is 2.37. The first-order valence-electron chi connectivity index (χ1n) is 6.79. The molecule has 0 unspecified atom stereocenters. The summed E-state index contributed by atoms with van der Waals surface area (Å²) in [6.45, 7) is 1.91. The van der Waals surface area contributed by atoms with Gasteiger partial charge >= 0.3 is 0 Å². The lowest BCUT2D eigenvalue weighted by Gasteiger charge is -2.20. The lowest BCUT2D eigenvalue weighted by atomic mass is 10.2. The molecule has 22 heavy (non-hydrogen) atoms. The van der Waals surface area contributed by atoms with E-state index in [1.807, 2.05) is 12.1 Å². The maximum absolute atomic E-state index is 12.3. The van der Waals surface area contributed by atoms with Crippen LogP contribution in [0.3, 0.4) is 0 Å². The van der Waals surface area contributed by atoms with E-state index in [0.717, 1.165) is 25.2 Å². The Morgan fingerprint density at radius 2 is 2.18 bits per heavy atom. The van der Waals surface area contributed by atoms with Crippen molar-refractivity contribution >= 4 is 34.8 Å². The van der Waals surface area contributed by atoms with Crippen LogP contribution in [0, 0.1) is 0 Å². The molecule has 0 saturated carbocycles. The molecule has 0 bridgehead atoms. The van der Waals surface area contributed by atoms with Gasteiger partial charge in [-0.2, -0.15) is 0 Å². The lowest BCUT2D eigenvalue weighted by Crippen LogP contribution is -2.25. The van der Waals surface area contributed by atoms with Crippen LogP contribution in [-0.4, -0.2) is 36.5 Å². The molecular formula is C15H18ClN3O2S. The maximum Gasteiger partial charge on any atom is 0.261 e. The number of para-hydroxylation sites is 1. The van der Waals surface area contributed by atoms with Crippen molar-refractivity contribution in [3.05, 3.63) is 40.4 Å². The van der Waals surface area contributed by atoms with E-state index in [9.17, 15) is 4.79 Å². The zero-order valence-electron chi connectivity index (χ0n) is 12.5. The molecule has 2 aromatic rings. The number of nitrogens with zero attached hydrogens (tertiary/aromatic N) is 2. The predicted molar refractivity (Wildman–Crippen MR) is 90.3 cm³/mol. The zero-order valence-corrected chi connectivity index (χ0v) is 14.1. The van der Waals surface area contributed by atoms with Gasteiger partial charge in [0.05, 0.1) is 18.4 Å². The summed E-state index contributed by atoms with van der Waals surface area (Å²) in [5, 5.41) is 3.53. The minimum absolute atomic E-state index is 0. The van der Waals surface area contributed by atoms with Crippen LogP contribution in [0.5, 0.6) is 5.75 Å². The molecule has 1 aromatic carbocycles. The molecule has 0 atom stereocenters. The van der Waals surface area contributed by atoms with Crippen LogP contribution < -0.4 is 10.1 Å². The number of carbonyl (C=O) groups excluding carboxylic acids is 1. The third-order valence-electron chi connectivity index (χ3n) is 3.49. The number of ether oxygens (including phenoxy) is 1. The first-order valence-corrected chi connectivity index (χ1v) is 7.60. The molecule has 1 aliphatic rings. The minimum atomic E-state index is -0.188. The number of thiazole rings is 1. The minimum Gasteiger partial charge on any atom is -0.496 e. The van der Waals surface area contributed by atoms with Gasteiger partial charge in [0.2, 0.25) is 0 Å². The van der Waals surface area contributed by atoms with E-state index >= 15 is 0 Å². The van der Waals surface area contributed by atoms with Crippen LogP contribution in [0.1, 0.15) is 20.9 Å². The van der Waals surface area contributed by atoms with Crippen LogP contribution in [0.2, 0.25) is 0 Å². The Kier molecular flexibility index (Phi) is 5.39. The van der Waals surface area contributed by atoms with Crippen molar-refractivity contribution in [3.63, 3.8) is 0 Å². The fraction of sp³-hybridized carbons (Fsp3) is 0.333. The smallest absolute Gasteiger partial charge is 0.261 e. The molecule has 1 amide bonds. The van der Waals surface area contributed by atoms with Gasteiger partial charge in [-0.15, -0.1) is 23.7 Å². The van der Waals surface area contributed by atoms with E-state index in [4.69, 9.17) is 4.74 Å². The zero-order chi connectivity index (χ0) is 14.8. The highest BCUT2D eigenvalue weighted by Crippen LogP contribution is 2.28. The molecule has 1 N–H and O–H groups in total. The third-order valence-corrected chi connectivity index (χ3v) is 4.49. The highest BCUT2D eigenvalue weighted by atomic mass is 35.5. The fourth-order valence-corrected chi connectivity index (χ4v) is 3.46. The Labute approximate surface area is 139 Å². The molecule has 0 radical (unpaired) electrons. The van der Waals surface area contributed by atoms with E-state index in [-0.39, 0.29) is 18.3 Å². The van der Waals surface area contributed by atoms with Gasteiger partial charge in [-0.25, -0.2) is 4.98 Å². The van der Waals surface area contributed by atoms with Gasteiger partial charge in [0.25, 0.3) is 5.91 Å². The van der Waals surface area contributed by atoms with E-state index in [2.05, 4.69) is 22.2 Å². The van der Waals surface area contributed by atoms with Crippen molar-refractivity contribution in [1.29, 1.82) is 0 Å². The number of aromatic nitrogens is 1. The van der Waals surface area contributed by atoms with Crippen molar-refractivity contribution in [1.82, 2.24) is 9.88 Å². The number of anilines is 1. The predicted octanol–water partition coefficient (Wildman–Crippen LogP) is 2.81. The second-order valence-electron chi connectivity index (χ2n) is 5.03. The third kappa shape index (κ3) is 3.40. The summed E-state index contributed by atoms with van der Waals surface area (Å²) in [6, 6.07) is 7.18. The average Bonchev–Trinajstić information content (AvgIpc) is 2.88. The lowest BCUT2D eigenvalue weighted by molar-refractivity contribution is 0.102. The van der Waals surface area contributed by atoms with E-state index in [1.54, 1.807) is 30.6 Å². The molecule has 118 valence electrons. The molecule has 0 saturated heterocycles. The summed E-state index contributed by atoms with van der Waals surface area (Å²) in [5.41, 5.74) is 1.62. The number of carbonyl (C=O) groups is 1. The van der Waals surface area contributed by atoms with Crippen molar-refractivity contribution in [2.45, 2.75) is 13.0 Å². The van der Waals surface area contributed by atoms with Crippen molar-refractivity contribution in [2.75, 3.05) is 26.0 Å². The molecule has 0 spiro atoms. The molecule has 5 nitrogen and oxygen atoms in total. The number of nitrogens with one attached hydrogen (secondary N) is 1. The second-order valence-corrected chi connectivity index (χ2v) is 6.11. The number of fused-ring (bicyclic) bond motifs is 1. The van der Waals surface area contributed by atoms with Gasteiger partial charge in [0.15, 0.2) is 5.13 Å². The Balaban J connectivity index is 0.00000176. The summed E-state index contributed by atoms with van der Waals surface area (Å²) in [5.74, 6) is 0.378. The summed E-state index contributed by atoms with van der Waals surface area (Å²) in [4.78, 5) is 20.4. The largest absolute Gasteiger partial charge is 0.496 e. The van der Waals surface area contributed by atoms with Crippen LogP contribution in [-0.2, 0) is 13.0 Å². The van der Waals surface area contributed by atoms with Crippen molar-refractivity contribution in [3.8, 4) is 5.75 Å². The van der Waals surface area contributed by atoms with Gasteiger partial charge in [-0.3, -0.25) is 10.1 Å². The van der Waals surface area contributed by atoms with Gasteiger partial charge in [0.1, 0.15) is 5.75 Å². The molecule has 7 heteroatoms. The Morgan fingerprint density at radius 3 is 2.95 bits per heavy atom. The van der Waals surface area contributed by atoms with Crippen molar-refractivity contribution in [2.24, 2.45) is 0 Å². The number of hydrogen-bond donors (Lipinski definition) is 1. The number of hydrogen-bond acceptors (Lipinski definition) is 5.